The molecule has 1 aromatic heterocycles. The van der Waals surface area contributed by atoms with Gasteiger partial charge in [-0.25, -0.2) is 13.9 Å². The van der Waals surface area contributed by atoms with Gasteiger partial charge in [-0.05, 0) is 37.3 Å². The molecule has 2 aromatic rings. The van der Waals surface area contributed by atoms with Gasteiger partial charge in [0, 0.05) is 11.6 Å². The Labute approximate surface area is 154 Å². The number of carbonyl (C=O) groups is 2. The third-order valence-corrected chi connectivity index (χ3v) is 3.60. The zero-order valence-corrected chi connectivity index (χ0v) is 14.6. The van der Waals surface area contributed by atoms with E-state index in [1.54, 1.807) is 6.92 Å². The topological polar surface area (TPSA) is 73.2 Å². The van der Waals surface area contributed by atoms with Crippen molar-refractivity contribution < 1.29 is 18.7 Å². The van der Waals surface area contributed by atoms with Crippen molar-refractivity contribution in [2.24, 2.45) is 0 Å². The molecule has 2 rings (SSSR count). The molecule has 0 saturated carbocycles. The second-order valence-electron chi connectivity index (χ2n) is 5.10. The summed E-state index contributed by atoms with van der Waals surface area (Å²) in [5.41, 5.74) is 1.65. The second kappa shape index (κ2) is 8.83. The number of benzene rings is 1. The molecule has 1 amide bonds. The van der Waals surface area contributed by atoms with Crippen LogP contribution in [0.25, 0.3) is 11.8 Å². The summed E-state index contributed by atoms with van der Waals surface area (Å²) in [5, 5.41) is 6.89. The van der Waals surface area contributed by atoms with Gasteiger partial charge in [0.1, 0.15) is 11.0 Å². The molecule has 1 aromatic carbocycles. The van der Waals surface area contributed by atoms with Crippen molar-refractivity contribution >= 4 is 29.6 Å². The Hall–Kier alpha value is -3.11. The summed E-state index contributed by atoms with van der Waals surface area (Å²) in [6.45, 7) is 1.33. The quantitative estimate of drug-likeness (QED) is 0.477. The Kier molecular flexibility index (Phi) is 6.53. The van der Waals surface area contributed by atoms with Crippen LogP contribution in [0.4, 0.5) is 4.39 Å². The average molecular weight is 376 g/mol. The molecule has 0 unspecified atom stereocenters. The summed E-state index contributed by atoms with van der Waals surface area (Å²) in [6.07, 6.45) is 7.58. The Morgan fingerprint density at radius 2 is 2.12 bits per heavy atom. The van der Waals surface area contributed by atoms with Gasteiger partial charge >= 0.3 is 5.97 Å². The molecule has 26 heavy (non-hydrogen) atoms. The summed E-state index contributed by atoms with van der Waals surface area (Å²) in [6, 6.07) is 5.65. The predicted octanol–water partition coefficient (Wildman–Crippen LogP) is 2.28. The molecule has 0 bridgehead atoms. The molecule has 0 aliphatic heterocycles. The van der Waals surface area contributed by atoms with Crippen LogP contribution in [0.2, 0.25) is 5.15 Å². The maximum Gasteiger partial charge on any atom is 0.331 e. The molecule has 0 radical (unpaired) electrons. The highest BCUT2D eigenvalue weighted by Gasteiger charge is 2.13. The van der Waals surface area contributed by atoms with E-state index in [0.29, 0.717) is 16.9 Å². The smallest absolute Gasteiger partial charge is 0.331 e. The number of ether oxygens (including phenoxy) is 1. The van der Waals surface area contributed by atoms with Gasteiger partial charge in [-0.1, -0.05) is 17.5 Å². The first-order valence-corrected chi connectivity index (χ1v) is 7.86. The number of rotatable bonds is 6. The number of hydrogen-bond donors (Lipinski definition) is 1. The molecule has 0 spiro atoms. The summed E-state index contributed by atoms with van der Waals surface area (Å²) < 4.78 is 19.2. The van der Waals surface area contributed by atoms with Gasteiger partial charge in [0.05, 0.1) is 17.9 Å². The van der Waals surface area contributed by atoms with Crippen LogP contribution in [0.3, 0.4) is 0 Å². The summed E-state index contributed by atoms with van der Waals surface area (Å²) in [4.78, 5) is 23.0. The van der Waals surface area contributed by atoms with E-state index < -0.39 is 18.5 Å². The molecule has 134 valence electrons. The minimum atomic E-state index is -0.717. The zero-order chi connectivity index (χ0) is 19.1. The van der Waals surface area contributed by atoms with E-state index in [4.69, 9.17) is 22.8 Å². The van der Waals surface area contributed by atoms with E-state index in [1.165, 1.54) is 35.0 Å². The first-order chi connectivity index (χ1) is 12.4. The minimum absolute atomic E-state index is 0.0591. The van der Waals surface area contributed by atoms with E-state index in [1.807, 2.05) is 0 Å². The second-order valence-corrected chi connectivity index (χ2v) is 5.46. The highest BCUT2D eigenvalue weighted by atomic mass is 35.5. The number of carbonyl (C=O) groups excluding carboxylic acids is 2. The molecule has 6 nitrogen and oxygen atoms in total. The highest BCUT2D eigenvalue weighted by Crippen LogP contribution is 2.24. The lowest BCUT2D eigenvalue weighted by molar-refractivity contribution is -0.143. The Morgan fingerprint density at radius 3 is 2.77 bits per heavy atom. The van der Waals surface area contributed by atoms with Crippen LogP contribution in [0.1, 0.15) is 11.3 Å². The average Bonchev–Trinajstić information content (AvgIpc) is 2.91. The van der Waals surface area contributed by atoms with E-state index in [0.717, 1.165) is 6.08 Å². The normalized spacial score (nSPS) is 10.5. The third kappa shape index (κ3) is 4.94. The monoisotopic (exact) mass is 375 g/mol. The van der Waals surface area contributed by atoms with Crippen LogP contribution >= 0.6 is 11.6 Å². The molecule has 1 heterocycles. The minimum Gasteiger partial charge on any atom is -0.452 e. The fraction of sp³-hybridized carbons (Fsp3) is 0.167. The summed E-state index contributed by atoms with van der Waals surface area (Å²) >= 11 is 6.29. The van der Waals surface area contributed by atoms with Crippen molar-refractivity contribution in [2.75, 3.05) is 13.2 Å². The zero-order valence-electron chi connectivity index (χ0n) is 13.8. The van der Waals surface area contributed by atoms with Crippen molar-refractivity contribution in [3.05, 3.63) is 52.6 Å². The number of aromatic nitrogens is 2. The lowest BCUT2D eigenvalue weighted by Crippen LogP contribution is -2.28. The fourth-order valence-electron chi connectivity index (χ4n) is 1.99. The number of aryl methyl sites for hydroxylation is 1. The number of hydrogen-bond acceptors (Lipinski definition) is 4. The molecule has 0 aliphatic carbocycles. The maximum atomic E-state index is 13.0. The van der Waals surface area contributed by atoms with Crippen LogP contribution in [-0.4, -0.2) is 34.8 Å². The highest BCUT2D eigenvalue weighted by molar-refractivity contribution is 6.31. The van der Waals surface area contributed by atoms with Crippen LogP contribution in [-0.2, 0) is 14.3 Å². The van der Waals surface area contributed by atoms with Crippen molar-refractivity contribution in [3.8, 4) is 18.0 Å². The maximum absolute atomic E-state index is 13.0. The van der Waals surface area contributed by atoms with Crippen molar-refractivity contribution in [3.63, 3.8) is 0 Å². The van der Waals surface area contributed by atoms with Crippen LogP contribution < -0.4 is 5.32 Å². The van der Waals surface area contributed by atoms with Gasteiger partial charge in [-0.3, -0.25) is 4.79 Å². The van der Waals surface area contributed by atoms with Gasteiger partial charge in [0.15, 0.2) is 6.61 Å². The predicted molar refractivity (Wildman–Crippen MR) is 95.1 cm³/mol. The molecule has 1 N–H and O–H groups in total. The lowest BCUT2D eigenvalue weighted by Gasteiger charge is -2.03. The molecule has 8 heteroatoms. The number of nitrogens with zero attached hydrogens (tertiary/aromatic N) is 2. The number of halogens is 2. The molecule has 0 saturated heterocycles. The van der Waals surface area contributed by atoms with Crippen molar-refractivity contribution in [1.29, 1.82) is 0 Å². The first-order valence-electron chi connectivity index (χ1n) is 7.48. The molecular weight excluding hydrogens is 361 g/mol. The molecule has 0 aliphatic rings. The van der Waals surface area contributed by atoms with Crippen molar-refractivity contribution in [1.82, 2.24) is 15.1 Å². The Balaban J connectivity index is 2.06. The lowest BCUT2D eigenvalue weighted by atomic mass is 10.2. The van der Waals surface area contributed by atoms with Crippen molar-refractivity contribution in [2.45, 2.75) is 6.92 Å². The number of amides is 1. The SMILES string of the molecule is C#CCNC(=O)COC(=O)/C=C/c1c(C)nn(-c2ccc(F)cc2)c1Cl. The van der Waals surface area contributed by atoms with Crippen LogP contribution in [0.5, 0.6) is 0 Å². The van der Waals surface area contributed by atoms with Crippen LogP contribution in [0.15, 0.2) is 30.3 Å². The molecular formula is C18H15ClFN3O3. The van der Waals surface area contributed by atoms with E-state index >= 15 is 0 Å². The summed E-state index contributed by atoms with van der Waals surface area (Å²) in [7, 11) is 0. The Bertz CT molecular complexity index is 882. The number of nitrogens with one attached hydrogen (secondary N) is 1. The largest absolute Gasteiger partial charge is 0.452 e. The third-order valence-electron chi connectivity index (χ3n) is 3.24. The van der Waals surface area contributed by atoms with Gasteiger partial charge in [0.25, 0.3) is 5.91 Å². The molecule has 0 atom stereocenters. The fourth-order valence-corrected chi connectivity index (χ4v) is 2.33. The molecule has 0 fully saturated rings. The van der Waals surface area contributed by atoms with E-state index in [-0.39, 0.29) is 17.5 Å². The van der Waals surface area contributed by atoms with Crippen LogP contribution in [0, 0.1) is 25.1 Å². The Morgan fingerprint density at radius 1 is 1.42 bits per heavy atom. The van der Waals surface area contributed by atoms with E-state index in [9.17, 15) is 14.0 Å². The standard InChI is InChI=1S/C18H15ClFN3O3/c1-3-10-21-16(24)11-26-17(25)9-8-15-12(2)22-23(18(15)19)14-6-4-13(20)5-7-14/h1,4-9H,10-11H2,2H3,(H,21,24)/b9-8+. The summed E-state index contributed by atoms with van der Waals surface area (Å²) in [5.74, 6) is 0.647. The number of terminal acetylenes is 1. The van der Waals surface area contributed by atoms with Gasteiger partial charge in [-0.2, -0.15) is 5.10 Å². The van der Waals surface area contributed by atoms with Gasteiger partial charge < -0.3 is 10.1 Å². The first kappa shape index (κ1) is 19.2. The van der Waals surface area contributed by atoms with E-state index in [2.05, 4.69) is 16.3 Å². The number of esters is 1. The van der Waals surface area contributed by atoms with Gasteiger partial charge in [0.2, 0.25) is 0 Å². The van der Waals surface area contributed by atoms with Gasteiger partial charge in [-0.15, -0.1) is 6.42 Å².